The first-order chi connectivity index (χ1) is 44.1. The van der Waals surface area contributed by atoms with Crippen molar-refractivity contribution in [1.82, 2.24) is 24.1 Å². The highest BCUT2D eigenvalue weighted by molar-refractivity contribution is 15.0. The molecule has 6 aromatic rings. The standard InChI is InChI=1S/C23H34N2O3S2.C19H30BNO4.C19H26N2O2S.C10H16BrNOS2.I2/c1-16(24-30(27)23(5,6)7)20-13-18(15-29-20)19-12-10-9-11-17(19)14-25(8)21(26)28-22(2,3)4;1-17(2,3)23-16(22)21(8)13-14-11-9-10-12-15(14)20-24-18(4,5)19(6,7)25-20;1-13(20)17-10-15(12-24-17)16-9-7-6-8-14(16)11-21(5)18(22)23-19(2,3)4;1-7(9-5-8(11)6-14-9)12-15(13)10(2,3)4;1-2/h9-13,15-16,24H,14H2,1-8H3;9-12H,13H2,1-8H3;6-10,12-13H,11,20H2,1-5H3;5-7,12H,1-4H3;/t16?,30-;;13-;7?,15-;/m1.11./s1. The van der Waals surface area contributed by atoms with Crippen molar-refractivity contribution >= 4 is 140 Å². The first-order valence-corrected chi connectivity index (χ1v) is 43.7. The molecule has 7 rings (SSSR count). The third kappa shape index (κ3) is 29.0. The molecule has 3 aromatic carbocycles. The maximum Gasteiger partial charge on any atom is 0.495 e. The molecule has 4 heterocycles. The summed E-state index contributed by atoms with van der Waals surface area (Å²) in [6.45, 7) is 44.1. The highest BCUT2D eigenvalue weighted by Crippen LogP contribution is 2.38. The molecule has 96 heavy (non-hydrogen) atoms. The van der Waals surface area contributed by atoms with Crippen LogP contribution in [-0.4, -0.2) is 107 Å². The number of carbonyl (C=O) groups excluding carboxylic acids is 3. The summed E-state index contributed by atoms with van der Waals surface area (Å²) in [6.07, 6.45) is -1.01. The Kier molecular flexibility index (Phi) is 34.0. The lowest BCUT2D eigenvalue weighted by molar-refractivity contribution is 0.00578. The van der Waals surface area contributed by atoms with E-state index in [1.165, 1.54) is 4.88 Å². The topological polar surface area (TPSA) is 191 Å². The van der Waals surface area contributed by atoms with Gasteiger partial charge in [0, 0.05) is 109 Å². The summed E-state index contributed by atoms with van der Waals surface area (Å²) in [6, 6.07) is 30.5. The molecular formula is C71H106BBrI2N6O10S5. The lowest BCUT2D eigenvalue weighted by Gasteiger charge is -2.32. The number of nitrogens with zero attached hydrogens (tertiary/aromatic N) is 3. The molecule has 1 saturated heterocycles. The normalized spacial score (nSPS) is 15.2. The zero-order valence-electron chi connectivity index (χ0n) is 61.0. The minimum atomic E-state index is -1.13. The minimum absolute atomic E-state index is 0.0135. The highest BCUT2D eigenvalue weighted by atomic mass is 128. The molecule has 2 unspecified atom stereocenters. The molecule has 5 atom stereocenters. The molecular weight excluding hydrogens is 1600 g/mol. The second kappa shape index (κ2) is 37.6. The number of rotatable bonds is 16. The van der Waals surface area contributed by atoms with Gasteiger partial charge in [0.1, 0.15) is 16.8 Å². The van der Waals surface area contributed by atoms with Crippen molar-refractivity contribution in [3.05, 3.63) is 143 Å². The van der Waals surface area contributed by atoms with Crippen LogP contribution in [0.3, 0.4) is 0 Å². The Morgan fingerprint density at radius 2 is 0.854 bits per heavy atom. The number of halogens is 3. The van der Waals surface area contributed by atoms with Gasteiger partial charge in [0.05, 0.1) is 54.8 Å². The molecule has 4 N–H and O–H groups in total. The third-order valence-corrected chi connectivity index (χ3v) is 21.9. The van der Waals surface area contributed by atoms with Crippen LogP contribution in [0.5, 0.6) is 0 Å². The van der Waals surface area contributed by atoms with Crippen LogP contribution in [0.4, 0.5) is 14.4 Å². The summed E-state index contributed by atoms with van der Waals surface area (Å²) in [5.41, 5.74) is 12.1. The van der Waals surface area contributed by atoms with E-state index in [9.17, 15) is 22.8 Å². The van der Waals surface area contributed by atoms with Crippen LogP contribution in [0.1, 0.15) is 202 Å². The van der Waals surface area contributed by atoms with Crippen molar-refractivity contribution < 1.29 is 46.3 Å². The number of ether oxygens (including phenoxy) is 3. The van der Waals surface area contributed by atoms with E-state index in [0.29, 0.717) is 19.6 Å². The van der Waals surface area contributed by atoms with Gasteiger partial charge in [-0.3, -0.25) is 0 Å². The Labute approximate surface area is 624 Å². The fourth-order valence-electron chi connectivity index (χ4n) is 8.54. The number of nitrogens with one attached hydrogen (secondary N) is 2. The SMILES string of the molecule is CC(N[S@](=O)C(C)(C)C)c1cc(-c2ccccc2CN(C)C(=O)OC(C)(C)C)cs1.CC(N[S@](=O)C(C)(C)C)c1cc(Br)cs1.CN(Cc1ccccc1B1OC(C)(C)C(C)(C)O1)C(=O)OC(C)(C)C.C[C@@H](N)c1cc(-c2ccccc2CN(C)C(=O)OC(C)(C)C)cs1.II. The third-order valence-electron chi connectivity index (χ3n) is 14.4. The Balaban J connectivity index is 0.000000338. The van der Waals surface area contributed by atoms with Crippen LogP contribution < -0.4 is 20.6 Å². The number of benzene rings is 3. The van der Waals surface area contributed by atoms with Gasteiger partial charge in [0.15, 0.2) is 0 Å². The van der Waals surface area contributed by atoms with E-state index < -0.39 is 57.1 Å². The van der Waals surface area contributed by atoms with E-state index in [1.807, 2.05) is 218 Å². The molecule has 0 spiro atoms. The van der Waals surface area contributed by atoms with Crippen molar-refractivity contribution in [3.8, 4) is 22.3 Å². The molecule has 1 aliphatic rings. The average molecular weight is 1710 g/mol. The number of carbonyl (C=O) groups is 3. The predicted octanol–water partition coefficient (Wildman–Crippen LogP) is 19.4. The number of hydrogen-bond donors (Lipinski definition) is 3. The van der Waals surface area contributed by atoms with E-state index in [1.54, 1.807) is 69.9 Å². The van der Waals surface area contributed by atoms with Crippen molar-refractivity contribution in [1.29, 1.82) is 0 Å². The Morgan fingerprint density at radius 1 is 0.542 bits per heavy atom. The number of hydrogen-bond acceptors (Lipinski definition) is 14. The molecule has 3 aromatic heterocycles. The van der Waals surface area contributed by atoms with E-state index in [0.717, 1.165) is 58.6 Å². The van der Waals surface area contributed by atoms with Crippen molar-refractivity contribution in [2.24, 2.45) is 5.73 Å². The van der Waals surface area contributed by atoms with Gasteiger partial charge in [-0.15, -0.1) is 34.0 Å². The minimum Gasteiger partial charge on any atom is -0.444 e. The molecule has 534 valence electrons. The molecule has 16 nitrogen and oxygen atoms in total. The molecule has 0 radical (unpaired) electrons. The highest BCUT2D eigenvalue weighted by Gasteiger charge is 2.52. The van der Waals surface area contributed by atoms with Crippen LogP contribution in [0.15, 0.2) is 112 Å². The quantitative estimate of drug-likeness (QED) is 0.0475. The number of amides is 3. The second-order valence-electron chi connectivity index (χ2n) is 29.5. The van der Waals surface area contributed by atoms with E-state index in [2.05, 4.69) is 104 Å². The number of thiophene rings is 3. The molecule has 0 saturated carbocycles. The molecule has 0 aliphatic carbocycles. The summed E-state index contributed by atoms with van der Waals surface area (Å²) in [5.74, 6) is 0. The Bertz CT molecular complexity index is 3480. The molecule has 3 amide bonds. The maximum atomic E-state index is 12.4. The van der Waals surface area contributed by atoms with Gasteiger partial charge in [0.2, 0.25) is 0 Å². The molecule has 1 aliphatic heterocycles. The van der Waals surface area contributed by atoms with Gasteiger partial charge < -0.3 is 44.0 Å². The van der Waals surface area contributed by atoms with Gasteiger partial charge in [-0.1, -0.05) is 72.8 Å². The van der Waals surface area contributed by atoms with Crippen LogP contribution >= 0.6 is 87.2 Å². The van der Waals surface area contributed by atoms with Crippen LogP contribution in [0.25, 0.3) is 22.3 Å². The van der Waals surface area contributed by atoms with E-state index in [4.69, 9.17) is 29.3 Å². The molecule has 25 heteroatoms. The maximum absolute atomic E-state index is 12.4. The fourth-order valence-corrected chi connectivity index (χ4v) is 13.5. The van der Waals surface area contributed by atoms with Crippen molar-refractivity contribution in [3.63, 3.8) is 0 Å². The van der Waals surface area contributed by atoms with Crippen LogP contribution in [-0.2, 0) is 65.1 Å². The van der Waals surface area contributed by atoms with Crippen molar-refractivity contribution in [2.45, 2.75) is 228 Å². The van der Waals surface area contributed by atoms with Gasteiger partial charge in [-0.25, -0.2) is 32.2 Å². The smallest absolute Gasteiger partial charge is 0.444 e. The first-order valence-electron chi connectivity index (χ1n) is 31.7. The van der Waals surface area contributed by atoms with Gasteiger partial charge >= 0.3 is 25.4 Å². The lowest BCUT2D eigenvalue weighted by Crippen LogP contribution is -2.41. The lowest BCUT2D eigenvalue weighted by atomic mass is 9.76. The van der Waals surface area contributed by atoms with Crippen LogP contribution in [0, 0.1) is 0 Å². The summed E-state index contributed by atoms with van der Waals surface area (Å²) in [4.78, 5) is 45.0. The van der Waals surface area contributed by atoms with Gasteiger partial charge in [-0.05, 0) is 242 Å². The fraction of sp³-hybridized carbons (Fsp3) is 0.535. The van der Waals surface area contributed by atoms with E-state index in [-0.39, 0.29) is 45.9 Å². The average Bonchev–Trinajstić information content (AvgIpc) is 1.62. The Morgan fingerprint density at radius 3 is 1.19 bits per heavy atom. The molecule has 1 fully saturated rings. The monoisotopic (exact) mass is 1710 g/mol. The zero-order chi connectivity index (χ0) is 73.3. The molecule has 0 bridgehead atoms. The first kappa shape index (κ1) is 86.9. The predicted molar refractivity (Wildman–Crippen MR) is 426 cm³/mol. The zero-order valence-corrected chi connectivity index (χ0v) is 71.0. The summed E-state index contributed by atoms with van der Waals surface area (Å²) in [5, 5.41) is 6.26. The summed E-state index contributed by atoms with van der Waals surface area (Å²) >= 11 is 12.6. The number of nitrogens with two attached hydrogens (primary N) is 1. The van der Waals surface area contributed by atoms with Gasteiger partial charge in [0.25, 0.3) is 0 Å². The van der Waals surface area contributed by atoms with Crippen LogP contribution in [0.2, 0.25) is 0 Å². The van der Waals surface area contributed by atoms with Gasteiger partial charge in [-0.2, -0.15) is 0 Å². The second-order valence-corrected chi connectivity index (χ2v) is 37.2. The summed E-state index contributed by atoms with van der Waals surface area (Å²) < 4.78 is 59.8. The largest absolute Gasteiger partial charge is 0.495 e. The van der Waals surface area contributed by atoms with Crippen molar-refractivity contribution in [2.75, 3.05) is 21.1 Å². The summed E-state index contributed by atoms with van der Waals surface area (Å²) in [7, 11) is 2.64. The Hall–Kier alpha value is -3.33. The van der Waals surface area contributed by atoms with E-state index >= 15 is 0 Å².